The molecule has 20 heavy (non-hydrogen) atoms. The van der Waals surface area contributed by atoms with Crippen LogP contribution in [0.5, 0.6) is 0 Å². The minimum absolute atomic E-state index is 0.292. The Hall–Kier alpha value is -2.33. The van der Waals surface area contributed by atoms with Gasteiger partial charge in [-0.15, -0.1) is 0 Å². The molecule has 0 amide bonds. The minimum Gasteiger partial charge on any atom is -0.478 e. The fourth-order valence-electron chi connectivity index (χ4n) is 1.95. The van der Waals surface area contributed by atoms with Gasteiger partial charge in [0.05, 0.1) is 5.56 Å². The van der Waals surface area contributed by atoms with Crippen LogP contribution < -0.4 is 0 Å². The van der Waals surface area contributed by atoms with Gasteiger partial charge in [0, 0.05) is 16.5 Å². The molecule has 2 aromatic carbocycles. The zero-order chi connectivity index (χ0) is 13.9. The van der Waals surface area contributed by atoms with Crippen molar-refractivity contribution in [2.75, 3.05) is 0 Å². The number of carboxylic acids is 1. The summed E-state index contributed by atoms with van der Waals surface area (Å²) in [5.41, 5.74) is 0.292. The Kier molecular flexibility index (Phi) is 3.39. The molecule has 3 rings (SSSR count). The minimum atomic E-state index is -0.912. The molecule has 0 bridgehead atoms. The van der Waals surface area contributed by atoms with E-state index in [0.29, 0.717) is 5.56 Å². The topological polar surface area (TPSA) is 50.2 Å². The monoisotopic (exact) mass is 281 g/mol. The van der Waals surface area contributed by atoms with Crippen LogP contribution in [0.4, 0.5) is 0 Å². The van der Waals surface area contributed by atoms with Crippen LogP contribution in [0.2, 0.25) is 0 Å². The summed E-state index contributed by atoms with van der Waals surface area (Å²) >= 11 is 1.53. The molecule has 1 N–H and O–H groups in total. The molecule has 1 heterocycles. The van der Waals surface area contributed by atoms with Gasteiger partial charge in [0.2, 0.25) is 0 Å². The Balaban J connectivity index is 1.95. The molecule has 4 heteroatoms. The number of carboxylic acid groups (broad SMARTS) is 1. The van der Waals surface area contributed by atoms with Crippen molar-refractivity contribution in [3.63, 3.8) is 0 Å². The van der Waals surface area contributed by atoms with Crippen molar-refractivity contribution in [3.05, 3.63) is 66.4 Å². The molecule has 0 unspecified atom stereocenters. The zero-order valence-electron chi connectivity index (χ0n) is 10.5. The van der Waals surface area contributed by atoms with Crippen molar-refractivity contribution in [1.82, 2.24) is 4.98 Å². The number of pyridine rings is 1. The molecule has 0 radical (unpaired) electrons. The van der Waals surface area contributed by atoms with Gasteiger partial charge in [-0.3, -0.25) is 0 Å². The fraction of sp³-hybridized carbons (Fsp3) is 0. The third kappa shape index (κ3) is 2.51. The fourth-order valence-corrected chi connectivity index (χ4v) is 2.86. The van der Waals surface area contributed by atoms with Gasteiger partial charge in [-0.25, -0.2) is 9.78 Å². The Morgan fingerprint density at radius 1 is 1.00 bits per heavy atom. The number of fused-ring (bicyclic) bond motifs is 1. The lowest BCUT2D eigenvalue weighted by Crippen LogP contribution is -1.94. The molecule has 1 aromatic heterocycles. The van der Waals surface area contributed by atoms with Gasteiger partial charge in [0.25, 0.3) is 0 Å². The van der Waals surface area contributed by atoms with Crippen molar-refractivity contribution in [1.29, 1.82) is 0 Å². The lowest BCUT2D eigenvalue weighted by Gasteiger charge is -2.05. The van der Waals surface area contributed by atoms with Crippen LogP contribution in [0, 0.1) is 0 Å². The van der Waals surface area contributed by atoms with E-state index in [1.165, 1.54) is 11.8 Å². The van der Waals surface area contributed by atoms with Gasteiger partial charge in [0.1, 0.15) is 5.03 Å². The first-order chi connectivity index (χ1) is 9.74. The summed E-state index contributed by atoms with van der Waals surface area (Å²) in [5, 5.41) is 12.1. The molecule has 0 atom stereocenters. The van der Waals surface area contributed by atoms with Crippen molar-refractivity contribution in [2.24, 2.45) is 0 Å². The largest absolute Gasteiger partial charge is 0.478 e. The third-order valence-corrected chi connectivity index (χ3v) is 3.98. The number of benzene rings is 2. The Labute approximate surface area is 120 Å². The predicted octanol–water partition coefficient (Wildman–Crippen LogP) is 4.08. The number of hydrogen-bond acceptors (Lipinski definition) is 3. The van der Waals surface area contributed by atoms with Crippen molar-refractivity contribution >= 4 is 28.5 Å². The molecule has 0 saturated heterocycles. The molecular formula is C16H11NO2S. The molecule has 3 nitrogen and oxygen atoms in total. The Morgan fingerprint density at radius 3 is 2.50 bits per heavy atom. The van der Waals surface area contributed by atoms with Gasteiger partial charge >= 0.3 is 5.97 Å². The SMILES string of the molecule is O=C(O)c1ccc(Sc2nccc3ccccc23)cc1. The van der Waals surface area contributed by atoms with E-state index < -0.39 is 5.97 Å². The molecule has 98 valence electrons. The van der Waals surface area contributed by atoms with E-state index in [-0.39, 0.29) is 0 Å². The van der Waals surface area contributed by atoms with Crippen LogP contribution in [0.25, 0.3) is 10.8 Å². The zero-order valence-corrected chi connectivity index (χ0v) is 11.3. The first kappa shape index (κ1) is 12.7. The maximum Gasteiger partial charge on any atom is 0.335 e. The number of aromatic nitrogens is 1. The second-order valence-electron chi connectivity index (χ2n) is 4.27. The van der Waals surface area contributed by atoms with Crippen LogP contribution >= 0.6 is 11.8 Å². The van der Waals surface area contributed by atoms with Gasteiger partial charge in [-0.2, -0.15) is 0 Å². The summed E-state index contributed by atoms with van der Waals surface area (Å²) in [6.07, 6.45) is 1.79. The van der Waals surface area contributed by atoms with Gasteiger partial charge in [-0.05, 0) is 35.7 Å². The molecule has 0 aliphatic rings. The number of rotatable bonds is 3. The standard InChI is InChI=1S/C16H11NO2S/c18-16(19)12-5-7-13(8-6-12)20-15-14-4-2-1-3-11(14)9-10-17-15/h1-10H,(H,18,19). The van der Waals surface area contributed by atoms with Crippen molar-refractivity contribution in [3.8, 4) is 0 Å². The van der Waals surface area contributed by atoms with Crippen molar-refractivity contribution < 1.29 is 9.90 Å². The molecule has 0 fully saturated rings. The highest BCUT2D eigenvalue weighted by Gasteiger charge is 2.06. The molecule has 0 aliphatic carbocycles. The van der Waals surface area contributed by atoms with Crippen LogP contribution in [-0.2, 0) is 0 Å². The Bertz CT molecular complexity index is 764. The average Bonchev–Trinajstić information content (AvgIpc) is 2.48. The maximum atomic E-state index is 10.8. The summed E-state index contributed by atoms with van der Waals surface area (Å²) in [5.74, 6) is -0.912. The third-order valence-electron chi connectivity index (χ3n) is 2.95. The predicted molar refractivity (Wildman–Crippen MR) is 79.3 cm³/mol. The quantitative estimate of drug-likeness (QED) is 0.785. The van der Waals surface area contributed by atoms with E-state index in [1.807, 2.05) is 24.3 Å². The first-order valence-electron chi connectivity index (χ1n) is 6.09. The first-order valence-corrected chi connectivity index (χ1v) is 6.91. The van der Waals surface area contributed by atoms with Crippen molar-refractivity contribution in [2.45, 2.75) is 9.92 Å². The summed E-state index contributed by atoms with van der Waals surface area (Å²) in [6.45, 7) is 0. The van der Waals surface area contributed by atoms with Crippen LogP contribution in [0.3, 0.4) is 0 Å². The van der Waals surface area contributed by atoms with E-state index in [9.17, 15) is 4.79 Å². The average molecular weight is 281 g/mol. The molecule has 3 aromatic rings. The second kappa shape index (κ2) is 5.35. The number of aromatic carboxylic acids is 1. The van der Waals surface area contributed by atoms with Crippen LogP contribution in [-0.4, -0.2) is 16.1 Å². The lowest BCUT2D eigenvalue weighted by atomic mass is 10.2. The molecule has 0 spiro atoms. The van der Waals surface area contributed by atoms with Gasteiger partial charge in [0.15, 0.2) is 0 Å². The van der Waals surface area contributed by atoms with E-state index in [0.717, 1.165) is 20.7 Å². The number of hydrogen-bond donors (Lipinski definition) is 1. The summed E-state index contributed by atoms with van der Waals surface area (Å²) in [7, 11) is 0. The maximum absolute atomic E-state index is 10.8. The van der Waals surface area contributed by atoms with E-state index in [1.54, 1.807) is 30.5 Å². The summed E-state index contributed by atoms with van der Waals surface area (Å²) in [6, 6.07) is 16.9. The normalized spacial score (nSPS) is 10.6. The number of carbonyl (C=O) groups is 1. The highest BCUT2D eigenvalue weighted by atomic mass is 32.2. The second-order valence-corrected chi connectivity index (χ2v) is 5.33. The highest BCUT2D eigenvalue weighted by Crippen LogP contribution is 2.31. The van der Waals surface area contributed by atoms with E-state index >= 15 is 0 Å². The van der Waals surface area contributed by atoms with Gasteiger partial charge < -0.3 is 5.11 Å². The smallest absolute Gasteiger partial charge is 0.335 e. The Morgan fingerprint density at radius 2 is 1.75 bits per heavy atom. The molecule has 0 aliphatic heterocycles. The number of nitrogens with zero attached hydrogens (tertiary/aromatic N) is 1. The lowest BCUT2D eigenvalue weighted by molar-refractivity contribution is 0.0697. The van der Waals surface area contributed by atoms with E-state index in [2.05, 4.69) is 11.1 Å². The molecular weight excluding hydrogens is 270 g/mol. The van der Waals surface area contributed by atoms with Gasteiger partial charge in [-0.1, -0.05) is 36.0 Å². The molecule has 0 saturated carbocycles. The van der Waals surface area contributed by atoms with Crippen LogP contribution in [0.15, 0.2) is 70.7 Å². The summed E-state index contributed by atoms with van der Waals surface area (Å²) < 4.78 is 0. The highest BCUT2D eigenvalue weighted by molar-refractivity contribution is 7.99. The van der Waals surface area contributed by atoms with Crippen LogP contribution in [0.1, 0.15) is 10.4 Å². The van der Waals surface area contributed by atoms with E-state index in [4.69, 9.17) is 5.11 Å². The summed E-state index contributed by atoms with van der Waals surface area (Å²) in [4.78, 5) is 16.2.